The smallest absolute Gasteiger partial charge is 0.248 e. The molecular weight excluding hydrogens is 500 g/mol. The highest BCUT2D eigenvalue weighted by Gasteiger charge is 2.59. The molecule has 4 N–H and O–H groups in total. The van der Waals surface area contributed by atoms with Crippen molar-refractivity contribution in [3.05, 3.63) is 96.1 Å². The van der Waals surface area contributed by atoms with Crippen LogP contribution in [0.1, 0.15) is 39.5 Å². The first-order valence-electron chi connectivity index (χ1n) is 12.9. The zero-order valence-electron chi connectivity index (χ0n) is 22.0. The Morgan fingerprint density at radius 1 is 1.00 bits per heavy atom. The van der Waals surface area contributed by atoms with Crippen LogP contribution in [0, 0.1) is 5.92 Å². The van der Waals surface area contributed by atoms with Crippen molar-refractivity contribution in [2.24, 2.45) is 5.92 Å². The Bertz CT molecular complexity index is 1230. The van der Waals surface area contributed by atoms with E-state index in [0.29, 0.717) is 5.92 Å². The lowest BCUT2D eigenvalue weighted by atomic mass is 9.88. The summed E-state index contributed by atoms with van der Waals surface area (Å²) in [4.78, 5) is 48.2. The molecule has 1 saturated heterocycles. The van der Waals surface area contributed by atoms with E-state index >= 15 is 0 Å². The van der Waals surface area contributed by atoms with Crippen LogP contribution in [0.25, 0.3) is 0 Å². The molecule has 2 amide bonds. The number of ether oxygens (including phenoxy) is 1. The van der Waals surface area contributed by atoms with Gasteiger partial charge in [0, 0.05) is 25.0 Å². The van der Waals surface area contributed by atoms with E-state index in [0.717, 1.165) is 12.8 Å². The van der Waals surface area contributed by atoms with Crippen molar-refractivity contribution in [2.45, 2.75) is 57.3 Å². The molecule has 9 heteroatoms. The number of amides is 2. The van der Waals surface area contributed by atoms with Crippen LogP contribution in [-0.4, -0.2) is 51.4 Å². The van der Waals surface area contributed by atoms with Gasteiger partial charge in [-0.15, -0.1) is 0 Å². The number of rotatable bonds is 12. The summed E-state index contributed by atoms with van der Waals surface area (Å²) in [5, 5.41) is 25.4. The second-order valence-corrected chi connectivity index (χ2v) is 9.76. The van der Waals surface area contributed by atoms with E-state index in [1.54, 1.807) is 18.2 Å². The fourth-order valence-corrected chi connectivity index (χ4v) is 3.92. The Kier molecular flexibility index (Phi) is 10.3. The number of aliphatic hydroxyl groups is 2. The molecule has 0 radical (unpaired) electrons. The Hall–Kier alpha value is -4.08. The number of aliphatic hydroxyl groups excluding tert-OH is 1. The predicted octanol–water partition coefficient (Wildman–Crippen LogP) is 3.09. The van der Waals surface area contributed by atoms with E-state index in [4.69, 9.17) is 4.74 Å². The highest BCUT2D eigenvalue weighted by Crippen LogP contribution is 2.40. The minimum atomic E-state index is -1.61. The summed E-state index contributed by atoms with van der Waals surface area (Å²) in [5.41, 5.74) is -1.73. The third-order valence-electron chi connectivity index (χ3n) is 6.08. The number of fused-ring (bicyclic) bond motifs is 1. The molecule has 3 rings (SSSR count). The molecule has 0 aromatic carbocycles. The van der Waals surface area contributed by atoms with E-state index in [1.165, 1.54) is 42.5 Å². The molecule has 0 aromatic rings. The molecule has 3 atom stereocenters. The number of epoxide rings is 1. The van der Waals surface area contributed by atoms with E-state index in [9.17, 15) is 29.4 Å². The zero-order valence-corrected chi connectivity index (χ0v) is 22.0. The maximum atomic E-state index is 12.5. The summed E-state index contributed by atoms with van der Waals surface area (Å²) in [6.07, 6.45) is 21.1. The van der Waals surface area contributed by atoms with Gasteiger partial charge in [-0.05, 0) is 30.9 Å². The van der Waals surface area contributed by atoms with Crippen LogP contribution in [0.4, 0.5) is 0 Å². The molecule has 0 spiro atoms. The van der Waals surface area contributed by atoms with Gasteiger partial charge >= 0.3 is 0 Å². The predicted molar refractivity (Wildman–Crippen MR) is 146 cm³/mol. The lowest BCUT2D eigenvalue weighted by Gasteiger charge is -2.23. The fourth-order valence-electron chi connectivity index (χ4n) is 3.92. The second kappa shape index (κ2) is 13.6. The van der Waals surface area contributed by atoms with Crippen molar-refractivity contribution in [1.82, 2.24) is 10.6 Å². The van der Waals surface area contributed by atoms with Crippen LogP contribution in [0.15, 0.2) is 96.1 Å². The Labute approximate surface area is 227 Å². The summed E-state index contributed by atoms with van der Waals surface area (Å²) in [6, 6.07) is 0. The molecule has 3 aliphatic rings. The number of nitrogens with one attached hydrogen (secondary N) is 2. The van der Waals surface area contributed by atoms with E-state index in [-0.39, 0.29) is 35.8 Å². The average molecular weight is 535 g/mol. The SMILES string of the molecule is CC(C)CC/C=C/C=C/C=C/C(=O)NC1=C[C@@](O)(/C=C/C=C/C=C/C(=O)NC2=C(O)CCC2=O)[C@@H]2O[C@@H]2C1=O. The van der Waals surface area contributed by atoms with E-state index < -0.39 is 35.4 Å². The topological polar surface area (TPSA) is 145 Å². The highest BCUT2D eigenvalue weighted by molar-refractivity contribution is 6.06. The van der Waals surface area contributed by atoms with Gasteiger partial charge in [0.2, 0.25) is 17.6 Å². The number of Topliss-reactive ketones (excluding diaryl/α,β-unsaturated/α-hetero) is 2. The molecule has 206 valence electrons. The van der Waals surface area contributed by atoms with Crippen LogP contribution in [0.2, 0.25) is 0 Å². The van der Waals surface area contributed by atoms with Crippen LogP contribution in [0.3, 0.4) is 0 Å². The third-order valence-corrected chi connectivity index (χ3v) is 6.08. The highest BCUT2D eigenvalue weighted by atomic mass is 16.6. The molecule has 0 saturated carbocycles. The van der Waals surface area contributed by atoms with Crippen molar-refractivity contribution < 1.29 is 34.1 Å². The molecule has 2 aliphatic carbocycles. The van der Waals surface area contributed by atoms with Crippen molar-refractivity contribution in [3.8, 4) is 0 Å². The minimum absolute atomic E-state index is 0.0484. The normalized spacial score (nSPS) is 25.4. The largest absolute Gasteiger partial charge is 0.510 e. The molecule has 0 aromatic heterocycles. The lowest BCUT2D eigenvalue weighted by Crippen LogP contribution is -2.42. The average Bonchev–Trinajstić information content (AvgIpc) is 3.64. The zero-order chi connectivity index (χ0) is 28.4. The maximum absolute atomic E-state index is 12.5. The minimum Gasteiger partial charge on any atom is -0.510 e. The van der Waals surface area contributed by atoms with Gasteiger partial charge in [0.15, 0.2) is 11.9 Å². The Balaban J connectivity index is 1.52. The second-order valence-electron chi connectivity index (χ2n) is 9.76. The quantitative estimate of drug-likeness (QED) is 0.171. The van der Waals surface area contributed by atoms with Gasteiger partial charge in [0.05, 0.1) is 5.70 Å². The molecular formula is C30H34N2O7. The first-order chi connectivity index (χ1) is 18.6. The van der Waals surface area contributed by atoms with Crippen molar-refractivity contribution in [2.75, 3.05) is 0 Å². The number of hydrogen-bond donors (Lipinski definition) is 4. The molecule has 1 fully saturated rings. The van der Waals surface area contributed by atoms with Crippen LogP contribution in [0.5, 0.6) is 0 Å². The molecule has 0 unspecified atom stereocenters. The maximum Gasteiger partial charge on any atom is 0.248 e. The van der Waals surface area contributed by atoms with Gasteiger partial charge in [-0.2, -0.15) is 0 Å². The summed E-state index contributed by atoms with van der Waals surface area (Å²) in [5.74, 6) is -1.28. The van der Waals surface area contributed by atoms with E-state index in [1.807, 2.05) is 12.2 Å². The van der Waals surface area contributed by atoms with Crippen LogP contribution < -0.4 is 10.6 Å². The third kappa shape index (κ3) is 8.73. The van der Waals surface area contributed by atoms with Gasteiger partial charge in [0.1, 0.15) is 23.2 Å². The van der Waals surface area contributed by atoms with Crippen molar-refractivity contribution in [1.29, 1.82) is 0 Å². The lowest BCUT2D eigenvalue weighted by molar-refractivity contribution is -0.121. The molecule has 0 bridgehead atoms. The van der Waals surface area contributed by atoms with E-state index in [2.05, 4.69) is 30.6 Å². The standard InChI is InChI=1S/C30H34N2O7/c1-20(2)13-9-5-3-4-6-10-14-24(35)31-21-19-30(38,29-28(39-29)27(21)37)18-12-8-7-11-15-25(36)32-26-22(33)16-17-23(26)34/h3-8,10-12,14-15,18-20,28-29,33,38H,9,13,16-17H2,1-2H3,(H,31,35)(H,32,36)/b5-3+,6-4+,8-7+,14-10+,15-11+,18-12+/t28-,29-,30+/m1/s1. The molecule has 1 heterocycles. The number of allylic oxidation sites excluding steroid dienone is 11. The first kappa shape index (κ1) is 29.5. The van der Waals surface area contributed by atoms with Gasteiger partial charge in [-0.3, -0.25) is 19.2 Å². The monoisotopic (exact) mass is 534 g/mol. The van der Waals surface area contributed by atoms with Crippen LogP contribution in [-0.2, 0) is 23.9 Å². The van der Waals surface area contributed by atoms with Gasteiger partial charge in [0.25, 0.3) is 0 Å². The molecule has 1 aliphatic heterocycles. The summed E-state index contributed by atoms with van der Waals surface area (Å²) in [6.45, 7) is 4.33. The first-order valence-corrected chi connectivity index (χ1v) is 12.9. The Morgan fingerprint density at radius 2 is 1.64 bits per heavy atom. The summed E-state index contributed by atoms with van der Waals surface area (Å²) < 4.78 is 5.33. The van der Waals surface area contributed by atoms with Gasteiger partial charge < -0.3 is 25.6 Å². The number of carbonyl (C=O) groups excluding carboxylic acids is 4. The van der Waals surface area contributed by atoms with Crippen molar-refractivity contribution in [3.63, 3.8) is 0 Å². The fraction of sp³-hybridized carbons (Fsp3) is 0.333. The van der Waals surface area contributed by atoms with Gasteiger partial charge in [-0.25, -0.2) is 0 Å². The number of hydrogen-bond acceptors (Lipinski definition) is 7. The van der Waals surface area contributed by atoms with Crippen molar-refractivity contribution >= 4 is 23.4 Å². The number of carbonyl (C=O) groups is 4. The van der Waals surface area contributed by atoms with Gasteiger partial charge in [-0.1, -0.05) is 68.5 Å². The summed E-state index contributed by atoms with van der Waals surface area (Å²) >= 11 is 0. The Morgan fingerprint density at radius 3 is 2.28 bits per heavy atom. The van der Waals surface area contributed by atoms with Crippen LogP contribution >= 0.6 is 0 Å². The number of ketones is 2. The summed E-state index contributed by atoms with van der Waals surface area (Å²) in [7, 11) is 0. The molecule has 9 nitrogen and oxygen atoms in total. The molecule has 39 heavy (non-hydrogen) atoms.